The van der Waals surface area contributed by atoms with Crippen LogP contribution in [-0.4, -0.2) is 0 Å². The van der Waals surface area contributed by atoms with Gasteiger partial charge in [-0.3, -0.25) is 0 Å². The van der Waals surface area contributed by atoms with Crippen molar-refractivity contribution in [1.29, 1.82) is 0 Å². The van der Waals surface area contributed by atoms with Crippen molar-refractivity contribution in [3.05, 3.63) is 150 Å². The van der Waals surface area contributed by atoms with Crippen LogP contribution < -0.4 is 15.1 Å². The van der Waals surface area contributed by atoms with Gasteiger partial charge < -0.3 is 4.52 Å². The summed E-state index contributed by atoms with van der Waals surface area (Å²) >= 11 is 0. The predicted molar refractivity (Wildman–Crippen MR) is 169 cm³/mol. The second-order valence-electron chi connectivity index (χ2n) is 10.8. The quantitative estimate of drug-likeness (QED) is 0.206. The van der Waals surface area contributed by atoms with E-state index in [1.807, 2.05) is 0 Å². The van der Waals surface area contributed by atoms with E-state index in [0.29, 0.717) is 0 Å². The van der Waals surface area contributed by atoms with Crippen molar-refractivity contribution in [2.24, 2.45) is 0 Å². The lowest BCUT2D eigenvalue weighted by Crippen LogP contribution is -2.17. The Morgan fingerprint density at radius 2 is 0.925 bits per heavy atom. The Morgan fingerprint density at radius 1 is 0.400 bits per heavy atom. The lowest BCUT2D eigenvalue weighted by molar-refractivity contribution is 0.629. The topological polar surface area (TPSA) is 9.23 Å². The summed E-state index contributed by atoms with van der Waals surface area (Å²) in [7, 11) is -1.02. The summed E-state index contributed by atoms with van der Waals surface area (Å²) in [5.74, 6) is 0.998. The van der Waals surface area contributed by atoms with Crippen molar-refractivity contribution in [1.82, 2.24) is 0 Å². The van der Waals surface area contributed by atoms with Crippen molar-refractivity contribution in [3.8, 4) is 28.0 Å². The van der Waals surface area contributed by atoms with E-state index in [4.69, 9.17) is 4.52 Å². The van der Waals surface area contributed by atoms with Crippen LogP contribution in [0, 0.1) is 0 Å². The zero-order valence-corrected chi connectivity index (χ0v) is 23.2. The second-order valence-corrected chi connectivity index (χ2v) is 12.6. The van der Waals surface area contributed by atoms with Gasteiger partial charge in [-0.25, -0.2) is 0 Å². The largest absolute Gasteiger partial charge is 0.464 e. The van der Waals surface area contributed by atoms with Gasteiger partial charge in [0.25, 0.3) is 0 Å². The molecule has 0 radical (unpaired) electrons. The van der Waals surface area contributed by atoms with Gasteiger partial charge in [-0.1, -0.05) is 121 Å². The number of benzene rings is 6. The minimum absolute atomic E-state index is 0.998. The van der Waals surface area contributed by atoms with E-state index in [2.05, 4.69) is 127 Å². The normalized spacial score (nSPS) is 13.3. The molecule has 0 unspecified atom stereocenters. The van der Waals surface area contributed by atoms with E-state index in [0.717, 1.165) is 31.4 Å². The summed E-state index contributed by atoms with van der Waals surface area (Å²) in [6.45, 7) is 0. The van der Waals surface area contributed by atoms with Gasteiger partial charge in [0.2, 0.25) is 0 Å². The molecule has 0 bridgehead atoms. The third-order valence-electron chi connectivity index (χ3n) is 8.50. The number of hydrogen-bond acceptors (Lipinski definition) is 1. The van der Waals surface area contributed by atoms with Crippen molar-refractivity contribution in [3.63, 3.8) is 0 Å². The third kappa shape index (κ3) is 3.88. The summed E-state index contributed by atoms with van der Waals surface area (Å²) < 4.78 is 7.17. The Bertz CT molecular complexity index is 1830. The standard InChI is InChI=1S/C38H29OP/c1-3-12-31(13-4-1)40(32-14-5-2-6-15-32)39-34-17-9-11-27-20-22-30-25-24-29-23-21-28-19-18-26-10-7-8-16-33(26)35(28)37(29)38(30)36(27)34/h1-19,24-25H,20-23H2. The molecule has 2 aliphatic carbocycles. The molecule has 0 saturated carbocycles. The first kappa shape index (κ1) is 23.7. The van der Waals surface area contributed by atoms with Gasteiger partial charge in [-0.05, 0) is 81.5 Å². The van der Waals surface area contributed by atoms with Gasteiger partial charge in [-0.15, -0.1) is 0 Å². The fraction of sp³-hybridized carbons (Fsp3) is 0.105. The zero-order valence-electron chi connectivity index (χ0n) is 22.3. The van der Waals surface area contributed by atoms with Crippen molar-refractivity contribution >= 4 is 29.5 Å². The first-order valence-corrected chi connectivity index (χ1v) is 15.5. The highest BCUT2D eigenvalue weighted by molar-refractivity contribution is 7.68. The lowest BCUT2D eigenvalue weighted by Gasteiger charge is -2.31. The van der Waals surface area contributed by atoms with Crippen LogP contribution in [0.5, 0.6) is 5.75 Å². The first-order valence-electron chi connectivity index (χ1n) is 14.2. The molecule has 0 aromatic heterocycles. The van der Waals surface area contributed by atoms with Crippen LogP contribution in [0.25, 0.3) is 33.0 Å². The highest BCUT2D eigenvalue weighted by Gasteiger charge is 2.30. The number of hydrogen-bond donors (Lipinski definition) is 0. The van der Waals surface area contributed by atoms with E-state index < -0.39 is 8.15 Å². The SMILES string of the molecule is c1ccc(P(Oc2cccc3c2-c2c(ccc4c2-c2c(ccc5ccccc25)CC4)CC3)c2ccccc2)cc1. The molecular formula is C38H29OP. The molecule has 2 aliphatic rings. The van der Waals surface area contributed by atoms with E-state index in [-0.39, 0.29) is 0 Å². The molecule has 6 aromatic carbocycles. The molecule has 1 nitrogen and oxygen atoms in total. The summed E-state index contributed by atoms with van der Waals surface area (Å²) in [4.78, 5) is 0. The Morgan fingerprint density at radius 3 is 1.60 bits per heavy atom. The number of aryl methyl sites for hydroxylation is 4. The van der Waals surface area contributed by atoms with Crippen molar-refractivity contribution in [2.45, 2.75) is 25.7 Å². The van der Waals surface area contributed by atoms with Gasteiger partial charge in [0.1, 0.15) is 5.75 Å². The molecule has 0 amide bonds. The summed E-state index contributed by atoms with van der Waals surface area (Å²) in [5, 5.41) is 5.12. The summed E-state index contributed by atoms with van der Waals surface area (Å²) in [6, 6.07) is 46.4. The molecule has 0 heterocycles. The molecule has 0 atom stereocenters. The Kier molecular flexibility index (Phi) is 5.78. The Balaban J connectivity index is 1.36. The number of fused-ring (bicyclic) bond motifs is 9. The van der Waals surface area contributed by atoms with Crippen molar-refractivity contribution in [2.75, 3.05) is 0 Å². The Hall–Kier alpha value is -4.19. The Labute approximate surface area is 236 Å². The maximum Gasteiger partial charge on any atom is 0.150 e. The van der Waals surface area contributed by atoms with Gasteiger partial charge in [0, 0.05) is 16.2 Å². The van der Waals surface area contributed by atoms with E-state index >= 15 is 0 Å². The molecule has 0 aliphatic heterocycles. The summed E-state index contributed by atoms with van der Waals surface area (Å²) in [6.07, 6.45) is 4.26. The molecular weight excluding hydrogens is 503 g/mol. The third-order valence-corrected chi connectivity index (χ3v) is 10.4. The minimum atomic E-state index is -1.02. The fourth-order valence-electron chi connectivity index (χ4n) is 6.66. The molecule has 0 saturated heterocycles. The molecule has 0 fully saturated rings. The summed E-state index contributed by atoms with van der Waals surface area (Å²) in [5.41, 5.74) is 11.3. The average molecular weight is 533 g/mol. The highest BCUT2D eigenvalue weighted by atomic mass is 31.1. The van der Waals surface area contributed by atoms with E-state index in [1.165, 1.54) is 65.9 Å². The first-order chi connectivity index (χ1) is 19.8. The fourth-order valence-corrected chi connectivity index (χ4v) is 8.40. The zero-order chi connectivity index (χ0) is 26.5. The molecule has 192 valence electrons. The molecule has 0 spiro atoms. The highest BCUT2D eigenvalue weighted by Crippen LogP contribution is 2.52. The van der Waals surface area contributed by atoms with Crippen molar-refractivity contribution < 1.29 is 4.52 Å². The minimum Gasteiger partial charge on any atom is -0.464 e. The molecule has 8 rings (SSSR count). The van der Waals surface area contributed by atoms with Crippen LogP contribution in [0.3, 0.4) is 0 Å². The van der Waals surface area contributed by atoms with Gasteiger partial charge >= 0.3 is 0 Å². The average Bonchev–Trinajstić information content (AvgIpc) is 3.03. The molecule has 2 heteroatoms. The second kappa shape index (κ2) is 9.77. The van der Waals surface area contributed by atoms with Gasteiger partial charge in [-0.2, -0.15) is 0 Å². The lowest BCUT2D eigenvalue weighted by atomic mass is 9.74. The van der Waals surface area contributed by atoms with Crippen LogP contribution in [-0.2, 0) is 25.7 Å². The maximum atomic E-state index is 7.17. The van der Waals surface area contributed by atoms with E-state index in [9.17, 15) is 0 Å². The molecule has 0 N–H and O–H groups in total. The van der Waals surface area contributed by atoms with E-state index in [1.54, 1.807) is 0 Å². The van der Waals surface area contributed by atoms with Crippen LogP contribution >= 0.6 is 8.15 Å². The van der Waals surface area contributed by atoms with Crippen LogP contribution in [0.2, 0.25) is 0 Å². The van der Waals surface area contributed by atoms with Crippen LogP contribution in [0.4, 0.5) is 0 Å². The monoisotopic (exact) mass is 532 g/mol. The smallest absolute Gasteiger partial charge is 0.150 e. The number of rotatable bonds is 4. The van der Waals surface area contributed by atoms with Gasteiger partial charge in [0.05, 0.1) is 0 Å². The molecule has 6 aromatic rings. The molecule has 40 heavy (non-hydrogen) atoms. The van der Waals surface area contributed by atoms with Crippen LogP contribution in [0.15, 0.2) is 127 Å². The van der Waals surface area contributed by atoms with Crippen LogP contribution in [0.1, 0.15) is 22.3 Å². The maximum absolute atomic E-state index is 7.17. The predicted octanol–water partition coefficient (Wildman–Crippen LogP) is 8.80. The van der Waals surface area contributed by atoms with Gasteiger partial charge in [0.15, 0.2) is 8.15 Å².